The van der Waals surface area contributed by atoms with Gasteiger partial charge in [-0.15, -0.1) is 0 Å². The second-order valence-electron chi connectivity index (χ2n) is 11.8. The first-order chi connectivity index (χ1) is 18.9. The minimum Gasteiger partial charge on any atom is -0.389 e. The van der Waals surface area contributed by atoms with Gasteiger partial charge in [0.2, 0.25) is 5.91 Å². The second kappa shape index (κ2) is 11.2. The number of hydrogen-bond acceptors (Lipinski definition) is 6. The Morgan fingerprint density at radius 1 is 1.10 bits per heavy atom. The molecule has 0 radical (unpaired) electrons. The fourth-order valence-electron chi connectivity index (χ4n) is 6.08. The minimum absolute atomic E-state index is 0.00272. The number of carbonyl (C=O) groups excluding carboxylic acids is 2. The Hall–Kier alpha value is -2.67. The largest absolute Gasteiger partial charge is 0.389 e. The fourth-order valence-corrected chi connectivity index (χ4v) is 8.46. The number of amides is 2. The summed E-state index contributed by atoms with van der Waals surface area (Å²) in [4.78, 5) is 25.1. The molecule has 0 heterocycles. The summed E-state index contributed by atoms with van der Waals surface area (Å²) in [5, 5.41) is 25.2. The summed E-state index contributed by atoms with van der Waals surface area (Å²) in [6, 6.07) is 4.71. The summed E-state index contributed by atoms with van der Waals surface area (Å²) >= 11 is 6.26. The van der Waals surface area contributed by atoms with Crippen molar-refractivity contribution in [2.75, 3.05) is 11.9 Å². The second-order valence-corrected chi connectivity index (χ2v) is 14.4. The van der Waals surface area contributed by atoms with Crippen LogP contribution in [-0.4, -0.2) is 53.4 Å². The molecule has 2 aromatic rings. The van der Waals surface area contributed by atoms with E-state index in [-0.39, 0.29) is 52.9 Å². The van der Waals surface area contributed by atoms with Crippen molar-refractivity contribution in [3.05, 3.63) is 58.4 Å². The molecule has 2 bridgehead atoms. The molecule has 2 aromatic carbocycles. The number of rotatable bonds is 8. The van der Waals surface area contributed by atoms with Crippen LogP contribution in [0.3, 0.4) is 0 Å². The highest BCUT2D eigenvalue weighted by Gasteiger charge is 2.59. The van der Waals surface area contributed by atoms with Crippen molar-refractivity contribution in [3.63, 3.8) is 0 Å². The Kier molecular flexibility index (Phi) is 8.54. The molecule has 2 aliphatic rings. The number of carbonyl (C=O) groups is 2. The zero-order valence-electron chi connectivity index (χ0n) is 22.7. The van der Waals surface area contributed by atoms with E-state index in [4.69, 9.17) is 11.6 Å². The highest BCUT2D eigenvalue weighted by atomic mass is 35.5. The number of hydrogen-bond donors (Lipinski definition) is 4. The fraction of sp³-hybridized carbons (Fsp3) is 0.500. The molecule has 3 unspecified atom stereocenters. The summed E-state index contributed by atoms with van der Waals surface area (Å²) in [6.45, 7) is 4.97. The van der Waals surface area contributed by atoms with Gasteiger partial charge in [0.15, 0.2) is 27.3 Å². The first-order valence-electron chi connectivity index (χ1n) is 13.1. The van der Waals surface area contributed by atoms with Crippen LogP contribution in [0, 0.1) is 35.2 Å². The molecule has 13 heteroatoms. The number of benzene rings is 2. The van der Waals surface area contributed by atoms with Crippen molar-refractivity contribution in [3.8, 4) is 0 Å². The van der Waals surface area contributed by atoms with Crippen LogP contribution in [0.15, 0.2) is 35.2 Å². The van der Waals surface area contributed by atoms with Crippen molar-refractivity contribution in [1.82, 2.24) is 5.32 Å². The maximum absolute atomic E-state index is 13.8. The highest BCUT2D eigenvalue weighted by molar-refractivity contribution is 7.92. The number of anilines is 1. The quantitative estimate of drug-likeness (QED) is 0.328. The molecule has 2 aliphatic carbocycles. The molecule has 2 fully saturated rings. The van der Waals surface area contributed by atoms with Gasteiger partial charge in [-0.3, -0.25) is 9.59 Å². The van der Waals surface area contributed by atoms with E-state index in [1.165, 1.54) is 26.0 Å². The summed E-state index contributed by atoms with van der Waals surface area (Å²) in [5.74, 6) is -7.09. The molecule has 0 aliphatic heterocycles. The number of halogens is 4. The SMILES string of the molecule is C[C@H]1CC2CC(S(=O)(=O)c3cc(C(=O)Nc4cc(F)c(F)c(F)c4)ccc3Cl)CC1[C@@]2(O)CC(=O)NCC(C)(C)O. The number of sulfone groups is 1. The predicted molar refractivity (Wildman–Crippen MR) is 146 cm³/mol. The number of fused-ring (bicyclic) bond motifs is 2. The van der Waals surface area contributed by atoms with Crippen molar-refractivity contribution in [2.45, 2.75) is 67.8 Å². The van der Waals surface area contributed by atoms with Crippen LogP contribution in [0.1, 0.15) is 56.8 Å². The summed E-state index contributed by atoms with van der Waals surface area (Å²) < 4.78 is 68.0. The van der Waals surface area contributed by atoms with Crippen molar-refractivity contribution in [2.24, 2.45) is 17.8 Å². The minimum atomic E-state index is -4.12. The van der Waals surface area contributed by atoms with Crippen LogP contribution in [-0.2, 0) is 14.6 Å². The molecule has 2 amide bonds. The van der Waals surface area contributed by atoms with Gasteiger partial charge in [0.05, 0.1) is 32.8 Å². The Morgan fingerprint density at radius 2 is 1.73 bits per heavy atom. The van der Waals surface area contributed by atoms with Gasteiger partial charge in [0.1, 0.15) is 0 Å². The van der Waals surface area contributed by atoms with Crippen LogP contribution >= 0.6 is 11.6 Å². The number of nitrogens with one attached hydrogen (secondary N) is 2. The van der Waals surface area contributed by atoms with Crippen LogP contribution in [0.2, 0.25) is 5.02 Å². The first-order valence-corrected chi connectivity index (χ1v) is 15.1. The van der Waals surface area contributed by atoms with E-state index in [0.29, 0.717) is 18.6 Å². The average molecular weight is 617 g/mol. The Balaban J connectivity index is 1.54. The van der Waals surface area contributed by atoms with Crippen molar-refractivity contribution < 1.29 is 41.4 Å². The summed E-state index contributed by atoms with van der Waals surface area (Å²) in [7, 11) is -4.12. The highest BCUT2D eigenvalue weighted by Crippen LogP contribution is 2.56. The molecule has 4 N–H and O–H groups in total. The van der Waals surface area contributed by atoms with Crippen LogP contribution < -0.4 is 10.6 Å². The van der Waals surface area contributed by atoms with E-state index in [2.05, 4.69) is 10.6 Å². The van der Waals surface area contributed by atoms with E-state index >= 15 is 0 Å². The third-order valence-corrected chi connectivity index (χ3v) is 10.8. The van der Waals surface area contributed by atoms with Crippen LogP contribution in [0.4, 0.5) is 18.9 Å². The van der Waals surface area contributed by atoms with E-state index < -0.39 is 67.4 Å². The zero-order chi connectivity index (χ0) is 30.5. The molecular formula is C28H32ClF3N2O6S. The topological polar surface area (TPSA) is 133 Å². The van der Waals surface area contributed by atoms with Gasteiger partial charge < -0.3 is 20.8 Å². The Morgan fingerprint density at radius 3 is 2.32 bits per heavy atom. The van der Waals surface area contributed by atoms with E-state index in [0.717, 1.165) is 6.07 Å². The third-order valence-electron chi connectivity index (χ3n) is 8.10. The monoisotopic (exact) mass is 616 g/mol. The van der Waals surface area contributed by atoms with Crippen molar-refractivity contribution >= 4 is 38.9 Å². The van der Waals surface area contributed by atoms with Gasteiger partial charge >= 0.3 is 0 Å². The molecule has 0 saturated heterocycles. The molecule has 0 aromatic heterocycles. The average Bonchev–Trinajstić information content (AvgIpc) is 2.98. The predicted octanol–water partition coefficient (Wildman–Crippen LogP) is 4.23. The lowest BCUT2D eigenvalue weighted by Gasteiger charge is -2.43. The van der Waals surface area contributed by atoms with Crippen LogP contribution in [0.5, 0.6) is 0 Å². The molecule has 5 atom stereocenters. The molecule has 41 heavy (non-hydrogen) atoms. The molecule has 4 rings (SSSR count). The molecule has 2 saturated carbocycles. The van der Waals surface area contributed by atoms with Crippen molar-refractivity contribution in [1.29, 1.82) is 0 Å². The van der Waals surface area contributed by atoms with E-state index in [1.54, 1.807) is 0 Å². The molecule has 8 nitrogen and oxygen atoms in total. The lowest BCUT2D eigenvalue weighted by atomic mass is 9.71. The van der Waals surface area contributed by atoms with Gasteiger partial charge in [-0.2, -0.15) is 0 Å². The molecule has 0 spiro atoms. The third kappa shape index (κ3) is 6.40. The van der Waals surface area contributed by atoms with E-state index in [9.17, 15) is 41.4 Å². The van der Waals surface area contributed by atoms with Crippen LogP contribution in [0.25, 0.3) is 0 Å². The molecule has 224 valence electrons. The Labute approximate surface area is 241 Å². The summed E-state index contributed by atoms with van der Waals surface area (Å²) in [6.07, 6.45) is 0.429. The maximum atomic E-state index is 13.8. The standard InChI is InChI=1S/C28H32ClF3N2O6S/c1-14-6-16-8-18(11-19(14)28(16,38)12-24(35)33-13-27(2,3)37)41(39,40)23-7-15(4-5-20(23)29)26(36)34-17-9-21(30)25(32)22(31)10-17/h4-5,7,9-10,14,16,18-19,37-38H,6,8,11-13H2,1-3H3,(H,33,35)(H,34,36)/t14-,16?,18?,19?,28+/m0/s1. The van der Waals surface area contributed by atoms with Gasteiger partial charge in [-0.05, 0) is 69.1 Å². The van der Waals surface area contributed by atoms with Gasteiger partial charge in [0, 0.05) is 29.9 Å². The normalized spacial score (nSPS) is 26.1. The zero-order valence-corrected chi connectivity index (χ0v) is 24.3. The summed E-state index contributed by atoms with van der Waals surface area (Å²) in [5.41, 5.74) is -3.08. The maximum Gasteiger partial charge on any atom is 0.255 e. The number of aliphatic hydroxyl groups is 2. The Bertz CT molecular complexity index is 1460. The molecular weight excluding hydrogens is 585 g/mol. The lowest BCUT2D eigenvalue weighted by Crippen LogP contribution is -2.52. The lowest BCUT2D eigenvalue weighted by molar-refractivity contribution is -0.134. The van der Waals surface area contributed by atoms with E-state index in [1.807, 2.05) is 6.92 Å². The smallest absolute Gasteiger partial charge is 0.255 e. The van der Waals surface area contributed by atoms with Gasteiger partial charge in [-0.25, -0.2) is 21.6 Å². The van der Waals surface area contributed by atoms with Gasteiger partial charge in [0.25, 0.3) is 5.91 Å². The first kappa shape index (κ1) is 31.3. The van der Waals surface area contributed by atoms with Gasteiger partial charge in [-0.1, -0.05) is 18.5 Å².